The Morgan fingerprint density at radius 2 is 1.88 bits per heavy atom. The number of ether oxygens (including phenoxy) is 1. The molecule has 0 aliphatic heterocycles. The molecule has 2 rings (SSSR count). The summed E-state index contributed by atoms with van der Waals surface area (Å²) in [5.41, 5.74) is 3.97. The van der Waals surface area contributed by atoms with E-state index in [4.69, 9.17) is 4.74 Å². The average Bonchev–Trinajstić information content (AvgIpc) is 2.94. The van der Waals surface area contributed by atoms with Gasteiger partial charge in [-0.3, -0.25) is 0 Å². The van der Waals surface area contributed by atoms with E-state index in [1.54, 1.807) is 20.1 Å². The second-order valence-corrected chi connectivity index (χ2v) is 5.02. The van der Waals surface area contributed by atoms with Gasteiger partial charge in [0.1, 0.15) is 0 Å². The molecule has 0 fully saturated rings. The van der Waals surface area contributed by atoms with E-state index >= 15 is 0 Å². The van der Waals surface area contributed by atoms with Gasteiger partial charge in [0.25, 0.3) is 0 Å². The molecule has 0 N–H and O–H groups in total. The number of carbonyl (C=O) groups excluding carboxylic acids is 2. The van der Waals surface area contributed by atoms with Crippen molar-refractivity contribution in [2.75, 3.05) is 0 Å². The van der Waals surface area contributed by atoms with Crippen LogP contribution in [0.3, 0.4) is 0 Å². The molecular weight excluding hydrogens is 531 g/mol. The molecule has 0 saturated heterocycles. The Balaban J connectivity index is 0. The van der Waals surface area contributed by atoms with Crippen LogP contribution in [0.1, 0.15) is 25.0 Å². The monoisotopic (exact) mass is 547 g/mol. The molecule has 3 radical (unpaired) electrons. The number of hydrogen-bond donors (Lipinski definition) is 0. The first-order chi connectivity index (χ1) is 10.2. The number of benzene rings is 1. The van der Waals surface area contributed by atoms with Gasteiger partial charge in [0.2, 0.25) is 0 Å². The van der Waals surface area contributed by atoms with E-state index in [-0.39, 0.29) is 104 Å². The maximum atomic E-state index is 11.1. The number of hydrogen-bond acceptors (Lipinski definition) is 3. The Kier molecular flexibility index (Phi) is 15.8. The van der Waals surface area contributed by atoms with Crippen molar-refractivity contribution in [2.24, 2.45) is 5.92 Å². The predicted molar refractivity (Wildman–Crippen MR) is 80.3 cm³/mol. The van der Waals surface area contributed by atoms with Gasteiger partial charge in [-0.2, -0.15) is 30.2 Å². The van der Waals surface area contributed by atoms with Crippen molar-refractivity contribution in [2.45, 2.75) is 20.3 Å². The third-order valence-corrected chi connectivity index (χ3v) is 3.58. The van der Waals surface area contributed by atoms with E-state index in [9.17, 15) is 9.59 Å². The van der Waals surface area contributed by atoms with Crippen molar-refractivity contribution in [1.29, 1.82) is 0 Å². The summed E-state index contributed by atoms with van der Waals surface area (Å²) in [6.07, 6.45) is 7.94. The molecular formula is C18H16O3Y3-4. The van der Waals surface area contributed by atoms with Gasteiger partial charge in [0.15, 0.2) is 0 Å². The molecule has 0 spiro atoms. The minimum Gasteiger partial charge on any atom is -0.659 e. The molecule has 0 saturated carbocycles. The second-order valence-electron chi connectivity index (χ2n) is 5.02. The maximum absolute atomic E-state index is 11.1. The summed E-state index contributed by atoms with van der Waals surface area (Å²) < 4.78 is 5.28. The Morgan fingerprint density at radius 1 is 1.21 bits per heavy atom. The molecule has 0 aromatic heterocycles. The Bertz CT molecular complexity index is 584. The molecule has 1 aliphatic carbocycles. The normalized spacial score (nSPS) is 15.9. The van der Waals surface area contributed by atoms with Crippen LogP contribution in [0.4, 0.5) is 0 Å². The van der Waals surface area contributed by atoms with E-state index in [0.717, 1.165) is 12.0 Å². The van der Waals surface area contributed by atoms with Crippen molar-refractivity contribution in [3.8, 4) is 0 Å². The number of allylic oxidation sites excluding steroid dienone is 2. The largest absolute Gasteiger partial charge is 0.659 e. The van der Waals surface area contributed by atoms with Gasteiger partial charge in [-0.25, -0.2) is 0 Å². The molecule has 1 aromatic rings. The number of fused-ring (bicyclic) bond motifs is 1. The number of rotatable bonds is 6. The third kappa shape index (κ3) is 7.64. The molecule has 1 unspecified atom stereocenters. The van der Waals surface area contributed by atoms with Gasteiger partial charge < -0.3 is 25.5 Å². The van der Waals surface area contributed by atoms with Crippen molar-refractivity contribution in [3.05, 3.63) is 71.4 Å². The third-order valence-electron chi connectivity index (χ3n) is 3.58. The zero-order chi connectivity index (χ0) is 15.2. The maximum Gasteiger partial charge on any atom is 0 e. The molecule has 0 heterocycles. The van der Waals surface area contributed by atoms with E-state index < -0.39 is 0 Å². The van der Waals surface area contributed by atoms with Crippen LogP contribution in [0.15, 0.2) is 47.2 Å². The van der Waals surface area contributed by atoms with Crippen LogP contribution in [-0.4, -0.2) is 12.6 Å². The van der Waals surface area contributed by atoms with Crippen molar-refractivity contribution < 1.29 is 112 Å². The topological polar surface area (TPSA) is 43.4 Å². The molecule has 0 amide bonds. The molecule has 1 atom stereocenters. The van der Waals surface area contributed by atoms with Crippen LogP contribution in [0.25, 0.3) is 0 Å². The van der Waals surface area contributed by atoms with Gasteiger partial charge in [-0.15, -0.1) is 37.8 Å². The van der Waals surface area contributed by atoms with Crippen LogP contribution in [0.5, 0.6) is 0 Å². The summed E-state index contributed by atoms with van der Waals surface area (Å²) in [5.74, 6) is -0.0173. The van der Waals surface area contributed by atoms with Crippen LogP contribution >= 0.6 is 0 Å². The predicted octanol–water partition coefficient (Wildman–Crippen LogP) is 3.02. The van der Waals surface area contributed by atoms with Crippen LogP contribution in [0.2, 0.25) is 0 Å². The summed E-state index contributed by atoms with van der Waals surface area (Å²) in [6.45, 7) is 4.83. The van der Waals surface area contributed by atoms with Gasteiger partial charge in [0, 0.05) is 98.1 Å². The Hall–Kier alpha value is 0.892. The Labute approximate surface area is 219 Å². The molecule has 6 heteroatoms. The average molecular weight is 547 g/mol. The Morgan fingerprint density at radius 3 is 2.46 bits per heavy atom. The summed E-state index contributed by atoms with van der Waals surface area (Å²) in [5, 5.41) is 0. The molecule has 24 heavy (non-hydrogen) atoms. The molecule has 119 valence electrons. The van der Waals surface area contributed by atoms with Gasteiger partial charge in [-0.05, 0) is 6.29 Å². The fraction of sp³-hybridized carbons (Fsp3) is 0.222. The molecule has 1 aromatic carbocycles. The molecule has 3 nitrogen and oxygen atoms in total. The fourth-order valence-corrected chi connectivity index (χ4v) is 2.16. The first kappa shape index (κ1) is 27.1. The molecule has 0 bridgehead atoms. The van der Waals surface area contributed by atoms with Crippen LogP contribution in [-0.2, 0) is 119 Å². The minimum absolute atomic E-state index is 0. The van der Waals surface area contributed by atoms with Gasteiger partial charge in [0.05, 0.1) is 0 Å². The van der Waals surface area contributed by atoms with Crippen molar-refractivity contribution in [1.82, 2.24) is 0 Å². The first-order valence-corrected chi connectivity index (χ1v) is 6.71. The summed E-state index contributed by atoms with van der Waals surface area (Å²) in [4.78, 5) is 21.6. The van der Waals surface area contributed by atoms with E-state index in [0.29, 0.717) is 16.7 Å². The smallest absolute Gasteiger partial charge is 0 e. The van der Waals surface area contributed by atoms with Crippen molar-refractivity contribution >= 4 is 12.6 Å². The molecule has 1 aliphatic rings. The fourth-order valence-electron chi connectivity index (χ4n) is 2.16. The zero-order valence-corrected chi connectivity index (χ0v) is 22.3. The van der Waals surface area contributed by atoms with E-state index in [1.165, 1.54) is 18.4 Å². The SMILES string of the molecule is CC([C-]=O)=C(C)[CH-]O/C=C(/[C-]=O)C1[CH-]c2ccccc2C1.[Y].[Y].[Y]. The zero-order valence-electron chi connectivity index (χ0n) is 13.8. The summed E-state index contributed by atoms with van der Waals surface area (Å²) >= 11 is 0. The van der Waals surface area contributed by atoms with Crippen molar-refractivity contribution in [3.63, 3.8) is 0 Å². The van der Waals surface area contributed by atoms with Crippen LogP contribution < -0.4 is 0 Å². The quantitative estimate of drug-likeness (QED) is 0.313. The van der Waals surface area contributed by atoms with Gasteiger partial charge in [-0.1, -0.05) is 24.7 Å². The first-order valence-electron chi connectivity index (χ1n) is 6.71. The summed E-state index contributed by atoms with van der Waals surface area (Å²) in [7, 11) is 0. The minimum atomic E-state index is -0.0173. The van der Waals surface area contributed by atoms with Crippen LogP contribution in [0, 0.1) is 18.9 Å². The van der Waals surface area contributed by atoms with E-state index in [1.807, 2.05) is 30.9 Å². The summed E-state index contributed by atoms with van der Waals surface area (Å²) in [6, 6.07) is 8.04. The van der Waals surface area contributed by atoms with Gasteiger partial charge >= 0.3 is 0 Å². The van der Waals surface area contributed by atoms with E-state index in [2.05, 4.69) is 6.07 Å². The second kappa shape index (κ2) is 14.0. The standard InChI is InChI=1S/C18H16O3.3Y/c1-13(9-19)14(2)11-21-12-18(10-20)17-7-15-5-3-4-6-16(15)8-17;;;/h3-7,11-12,17H,8H2,1-2H3;;;/q-4;;;/b14-13?,18-12-;;;.